The number of likely N-dealkylation sites (tertiary alicyclic amines) is 1. The zero-order chi connectivity index (χ0) is 15.4. The van der Waals surface area contributed by atoms with Crippen LogP contribution in [0.25, 0.3) is 0 Å². The highest BCUT2D eigenvalue weighted by Crippen LogP contribution is 2.26. The van der Waals surface area contributed by atoms with E-state index < -0.39 is 0 Å². The number of rotatable bonds is 4. The molecule has 0 spiro atoms. The van der Waals surface area contributed by atoms with Crippen molar-refractivity contribution in [3.63, 3.8) is 0 Å². The lowest BCUT2D eigenvalue weighted by atomic mass is 9.95. The molecule has 2 aromatic heterocycles. The average molecular weight is 298 g/mol. The Hall–Kier alpha value is -2.01. The zero-order valence-electron chi connectivity index (χ0n) is 13.2. The fourth-order valence-corrected chi connectivity index (χ4v) is 2.93. The minimum Gasteiger partial charge on any atom is -0.481 e. The molecule has 22 heavy (non-hydrogen) atoms. The highest BCUT2D eigenvalue weighted by molar-refractivity contribution is 5.20. The molecule has 3 rings (SSSR count). The molecule has 0 saturated carbocycles. The van der Waals surface area contributed by atoms with Crippen LogP contribution in [0.1, 0.15) is 35.8 Å². The Morgan fingerprint density at radius 1 is 1.18 bits per heavy atom. The molecule has 1 aliphatic rings. The smallest absolute Gasteiger partial charge is 0.213 e. The van der Waals surface area contributed by atoms with Crippen LogP contribution in [0, 0.1) is 6.92 Å². The van der Waals surface area contributed by atoms with Gasteiger partial charge in [-0.2, -0.15) is 0 Å². The van der Waals surface area contributed by atoms with Gasteiger partial charge >= 0.3 is 0 Å². The van der Waals surface area contributed by atoms with Gasteiger partial charge in [0.2, 0.25) is 5.88 Å². The number of hydrogen-bond acceptors (Lipinski definition) is 5. The lowest BCUT2D eigenvalue weighted by Crippen LogP contribution is -2.33. The van der Waals surface area contributed by atoms with Crippen LogP contribution < -0.4 is 4.74 Å². The molecule has 1 aliphatic heterocycles. The zero-order valence-corrected chi connectivity index (χ0v) is 13.2. The Morgan fingerprint density at radius 2 is 1.95 bits per heavy atom. The van der Waals surface area contributed by atoms with E-state index in [1.54, 1.807) is 7.11 Å². The quantitative estimate of drug-likeness (QED) is 0.868. The first kappa shape index (κ1) is 14.9. The van der Waals surface area contributed by atoms with E-state index in [0.29, 0.717) is 11.8 Å². The van der Waals surface area contributed by atoms with E-state index in [1.807, 2.05) is 31.5 Å². The van der Waals surface area contributed by atoms with E-state index in [4.69, 9.17) is 4.74 Å². The summed E-state index contributed by atoms with van der Waals surface area (Å²) in [5.74, 6) is 2.17. The first-order valence-corrected chi connectivity index (χ1v) is 7.75. The third-order valence-corrected chi connectivity index (χ3v) is 4.18. The van der Waals surface area contributed by atoms with Crippen LogP contribution in [0.3, 0.4) is 0 Å². The summed E-state index contributed by atoms with van der Waals surface area (Å²) >= 11 is 0. The molecule has 0 aliphatic carbocycles. The van der Waals surface area contributed by atoms with E-state index in [9.17, 15) is 0 Å². The fraction of sp³-hybridized carbons (Fsp3) is 0.471. The van der Waals surface area contributed by atoms with Crippen LogP contribution in [0.5, 0.6) is 5.88 Å². The number of methoxy groups -OCH3 is 1. The molecule has 0 unspecified atom stereocenters. The molecule has 116 valence electrons. The van der Waals surface area contributed by atoms with Gasteiger partial charge in [-0.15, -0.1) is 0 Å². The van der Waals surface area contributed by atoms with Crippen molar-refractivity contribution in [2.75, 3.05) is 20.2 Å². The average Bonchev–Trinajstić information content (AvgIpc) is 2.56. The van der Waals surface area contributed by atoms with Crippen LogP contribution >= 0.6 is 0 Å². The lowest BCUT2D eigenvalue weighted by Gasteiger charge is -2.31. The fourth-order valence-electron chi connectivity index (χ4n) is 2.93. The van der Waals surface area contributed by atoms with Crippen LogP contribution in [0.15, 0.2) is 30.6 Å². The van der Waals surface area contributed by atoms with Gasteiger partial charge in [-0.3, -0.25) is 4.90 Å². The second-order valence-electron chi connectivity index (χ2n) is 5.81. The van der Waals surface area contributed by atoms with Gasteiger partial charge in [0, 0.05) is 36.6 Å². The summed E-state index contributed by atoms with van der Waals surface area (Å²) in [4.78, 5) is 15.6. The summed E-state index contributed by atoms with van der Waals surface area (Å²) in [6.07, 6.45) is 5.91. The maximum Gasteiger partial charge on any atom is 0.213 e. The van der Waals surface area contributed by atoms with Crippen molar-refractivity contribution < 1.29 is 4.74 Å². The summed E-state index contributed by atoms with van der Waals surface area (Å²) in [5, 5.41) is 0. The minimum atomic E-state index is 0.489. The Balaban J connectivity index is 1.57. The van der Waals surface area contributed by atoms with Gasteiger partial charge in [-0.1, -0.05) is 0 Å². The van der Waals surface area contributed by atoms with Crippen molar-refractivity contribution in [3.8, 4) is 5.88 Å². The summed E-state index contributed by atoms with van der Waals surface area (Å²) in [6, 6.07) is 6.02. The number of ether oxygens (including phenoxy) is 1. The van der Waals surface area contributed by atoms with Crippen molar-refractivity contribution >= 4 is 0 Å². The molecule has 1 saturated heterocycles. The van der Waals surface area contributed by atoms with Crippen LogP contribution in [0.2, 0.25) is 0 Å². The predicted octanol–water partition coefficient (Wildman–Crippen LogP) is 2.57. The van der Waals surface area contributed by atoms with Gasteiger partial charge in [0.1, 0.15) is 5.82 Å². The minimum absolute atomic E-state index is 0.489. The topological polar surface area (TPSA) is 51.1 Å². The highest BCUT2D eigenvalue weighted by atomic mass is 16.5. The Morgan fingerprint density at radius 3 is 2.68 bits per heavy atom. The van der Waals surface area contributed by atoms with E-state index in [0.717, 1.165) is 44.0 Å². The Kier molecular flexibility index (Phi) is 4.63. The molecule has 3 heterocycles. The molecule has 0 radical (unpaired) electrons. The van der Waals surface area contributed by atoms with E-state index in [-0.39, 0.29) is 0 Å². The molecule has 0 atom stereocenters. The van der Waals surface area contributed by atoms with Crippen molar-refractivity contribution in [1.82, 2.24) is 19.9 Å². The predicted molar refractivity (Wildman–Crippen MR) is 84.8 cm³/mol. The summed E-state index contributed by atoms with van der Waals surface area (Å²) in [7, 11) is 1.65. The monoisotopic (exact) mass is 298 g/mol. The van der Waals surface area contributed by atoms with Crippen LogP contribution in [0.4, 0.5) is 0 Å². The van der Waals surface area contributed by atoms with E-state index in [1.165, 1.54) is 5.56 Å². The summed E-state index contributed by atoms with van der Waals surface area (Å²) in [5.41, 5.74) is 2.30. The number of piperidine rings is 1. The first-order valence-electron chi connectivity index (χ1n) is 7.75. The Labute approximate surface area is 131 Å². The summed E-state index contributed by atoms with van der Waals surface area (Å²) < 4.78 is 5.18. The lowest BCUT2D eigenvalue weighted by molar-refractivity contribution is 0.201. The van der Waals surface area contributed by atoms with Gasteiger partial charge in [0.05, 0.1) is 7.11 Å². The second-order valence-corrected chi connectivity index (χ2v) is 5.81. The largest absolute Gasteiger partial charge is 0.481 e. The summed E-state index contributed by atoms with van der Waals surface area (Å²) in [6.45, 7) is 5.12. The molecular weight excluding hydrogens is 276 g/mol. The molecule has 2 aromatic rings. The van der Waals surface area contributed by atoms with E-state index >= 15 is 0 Å². The normalized spacial score (nSPS) is 16.6. The maximum absolute atomic E-state index is 5.18. The van der Waals surface area contributed by atoms with Crippen molar-refractivity contribution in [2.24, 2.45) is 0 Å². The van der Waals surface area contributed by atoms with Gasteiger partial charge < -0.3 is 4.74 Å². The molecular formula is C17H22N4O. The number of aryl methyl sites for hydroxylation is 1. The molecule has 0 bridgehead atoms. The molecule has 1 fully saturated rings. The second kappa shape index (κ2) is 6.83. The number of nitrogens with zero attached hydrogens (tertiary/aromatic N) is 4. The molecule has 0 amide bonds. The molecule has 0 aromatic carbocycles. The van der Waals surface area contributed by atoms with Crippen molar-refractivity contribution in [1.29, 1.82) is 0 Å². The molecule has 0 N–H and O–H groups in total. The van der Waals surface area contributed by atoms with Crippen molar-refractivity contribution in [3.05, 3.63) is 47.7 Å². The van der Waals surface area contributed by atoms with Gasteiger partial charge in [0.15, 0.2) is 0 Å². The van der Waals surface area contributed by atoms with Gasteiger partial charge in [-0.25, -0.2) is 15.0 Å². The van der Waals surface area contributed by atoms with Crippen molar-refractivity contribution in [2.45, 2.75) is 32.2 Å². The van der Waals surface area contributed by atoms with Crippen LogP contribution in [-0.2, 0) is 6.54 Å². The number of hydrogen-bond donors (Lipinski definition) is 0. The van der Waals surface area contributed by atoms with Gasteiger partial charge in [0.25, 0.3) is 0 Å². The maximum atomic E-state index is 5.18. The Bertz CT molecular complexity index is 624. The third-order valence-electron chi connectivity index (χ3n) is 4.18. The third kappa shape index (κ3) is 3.60. The number of aromatic nitrogens is 3. The molecule has 5 heteroatoms. The standard InChI is InChI=1S/C17H22N4O/c1-13-3-7-19-17(20-13)15-5-9-21(10-6-15)12-14-4-8-18-16(11-14)22-2/h3-4,7-8,11,15H,5-6,9-10,12H2,1-2H3. The first-order chi connectivity index (χ1) is 10.7. The number of pyridine rings is 1. The van der Waals surface area contributed by atoms with E-state index in [2.05, 4.69) is 25.9 Å². The highest BCUT2D eigenvalue weighted by Gasteiger charge is 2.22. The SMILES string of the molecule is COc1cc(CN2CCC(c3nccc(C)n3)CC2)ccn1. The van der Waals surface area contributed by atoms with Gasteiger partial charge in [-0.05, 0) is 50.6 Å². The molecule has 5 nitrogen and oxygen atoms in total. The van der Waals surface area contributed by atoms with Crippen LogP contribution in [-0.4, -0.2) is 40.1 Å².